The highest BCUT2D eigenvalue weighted by Crippen LogP contribution is 2.26. The van der Waals surface area contributed by atoms with E-state index in [4.69, 9.17) is 9.47 Å². The third-order valence-electron chi connectivity index (χ3n) is 6.36. The van der Waals surface area contributed by atoms with Crippen molar-refractivity contribution < 1.29 is 27.5 Å². The van der Waals surface area contributed by atoms with Crippen molar-refractivity contribution >= 4 is 27.7 Å². The Bertz CT molecular complexity index is 1430. The van der Waals surface area contributed by atoms with Gasteiger partial charge in [-0.15, -0.1) is 0 Å². The van der Waals surface area contributed by atoms with Crippen LogP contribution in [0.3, 0.4) is 0 Å². The predicted octanol–water partition coefficient (Wildman–Crippen LogP) is 2.27. The van der Waals surface area contributed by atoms with E-state index in [0.29, 0.717) is 5.56 Å². The van der Waals surface area contributed by atoms with Gasteiger partial charge in [0.2, 0.25) is 10.0 Å². The van der Waals surface area contributed by atoms with Gasteiger partial charge in [-0.2, -0.15) is 4.31 Å². The molecule has 2 bridgehead atoms. The number of carbonyl (C=O) groups excluding carboxylic acids is 2. The van der Waals surface area contributed by atoms with Gasteiger partial charge in [0.15, 0.2) is 0 Å². The maximum atomic E-state index is 13.4. The summed E-state index contributed by atoms with van der Waals surface area (Å²) < 4.78 is 41.3. The lowest BCUT2D eigenvalue weighted by molar-refractivity contribution is -0.120. The van der Waals surface area contributed by atoms with Gasteiger partial charge in [-0.25, -0.2) is 18.2 Å². The summed E-state index contributed by atoms with van der Waals surface area (Å²) in [7, 11) is -3.75. The van der Waals surface area contributed by atoms with Crippen molar-refractivity contribution in [1.82, 2.24) is 23.9 Å². The molecule has 0 aliphatic carbocycles. The van der Waals surface area contributed by atoms with Crippen molar-refractivity contribution in [2.75, 3.05) is 26.2 Å². The monoisotopic (exact) mass is 541 g/mol. The molecule has 2 saturated heterocycles. The molecular formula is C26H31N5O6S. The Morgan fingerprint density at radius 3 is 2.39 bits per heavy atom. The van der Waals surface area contributed by atoms with E-state index in [9.17, 15) is 18.0 Å². The molecule has 0 saturated carbocycles. The molecular weight excluding hydrogens is 510 g/mol. The lowest BCUT2D eigenvalue weighted by atomic mass is 10.1. The predicted molar refractivity (Wildman–Crippen MR) is 138 cm³/mol. The molecule has 2 amide bonds. The van der Waals surface area contributed by atoms with E-state index < -0.39 is 33.9 Å². The van der Waals surface area contributed by atoms with Gasteiger partial charge >= 0.3 is 6.09 Å². The summed E-state index contributed by atoms with van der Waals surface area (Å²) in [4.78, 5) is 31.0. The van der Waals surface area contributed by atoms with E-state index in [1.54, 1.807) is 64.3 Å². The van der Waals surface area contributed by atoms with Crippen molar-refractivity contribution in [3.8, 4) is 0 Å². The molecule has 0 unspecified atom stereocenters. The molecule has 38 heavy (non-hydrogen) atoms. The second-order valence-corrected chi connectivity index (χ2v) is 12.5. The van der Waals surface area contributed by atoms with Crippen LogP contribution in [0.25, 0.3) is 5.65 Å². The highest BCUT2D eigenvalue weighted by atomic mass is 32.2. The summed E-state index contributed by atoms with van der Waals surface area (Å²) in [5, 5.41) is 2.86. The average Bonchev–Trinajstić information content (AvgIpc) is 3.34. The Labute approximate surface area is 221 Å². The number of nitrogens with one attached hydrogen (secondary N) is 1. The zero-order valence-electron chi connectivity index (χ0n) is 21.5. The largest absolute Gasteiger partial charge is 0.444 e. The number of hydrogen-bond donors (Lipinski definition) is 1. The molecule has 2 atom stereocenters. The number of carbonyl (C=O) groups is 2. The number of benzene rings is 1. The van der Waals surface area contributed by atoms with E-state index in [1.807, 2.05) is 20.8 Å². The van der Waals surface area contributed by atoms with Crippen LogP contribution in [0.2, 0.25) is 0 Å². The standard InChI is InChI=1S/C26H31N5O6S/c1-26(2,3)37-25(33)30-14-20-16-31(17-21(15-30)36-20)38(34,35)22-7-4-18(5-8-22)12-28-24(32)19-6-9-23-27-10-11-29(23)13-19/h4-11,13,20-21H,12,14-17H2,1-3H3,(H,28,32)/t20-,21+. The first-order valence-corrected chi connectivity index (χ1v) is 13.9. The minimum Gasteiger partial charge on any atom is -0.444 e. The molecule has 2 aliphatic rings. The minimum absolute atomic E-state index is 0.150. The molecule has 0 spiro atoms. The van der Waals surface area contributed by atoms with Crippen LogP contribution in [0.5, 0.6) is 0 Å². The third-order valence-corrected chi connectivity index (χ3v) is 8.21. The number of fused-ring (bicyclic) bond motifs is 3. The number of amides is 2. The van der Waals surface area contributed by atoms with Crippen LogP contribution >= 0.6 is 0 Å². The summed E-state index contributed by atoms with van der Waals surface area (Å²) >= 11 is 0. The Balaban J connectivity index is 1.19. The molecule has 2 aromatic heterocycles. The fraction of sp³-hybridized carbons (Fsp3) is 0.423. The van der Waals surface area contributed by atoms with Crippen molar-refractivity contribution in [2.45, 2.75) is 50.0 Å². The number of sulfonamides is 1. The normalized spacial score (nSPS) is 20.3. The van der Waals surface area contributed by atoms with Crippen LogP contribution < -0.4 is 5.32 Å². The fourth-order valence-corrected chi connectivity index (χ4v) is 6.10. The summed E-state index contributed by atoms with van der Waals surface area (Å²) in [5.41, 5.74) is 1.41. The highest BCUT2D eigenvalue weighted by Gasteiger charge is 2.42. The van der Waals surface area contributed by atoms with Gasteiger partial charge in [0, 0.05) is 38.2 Å². The van der Waals surface area contributed by atoms with Crippen LogP contribution in [0.4, 0.5) is 4.79 Å². The van der Waals surface area contributed by atoms with E-state index >= 15 is 0 Å². The van der Waals surface area contributed by atoms with Crippen LogP contribution in [-0.4, -0.2) is 83.0 Å². The summed E-state index contributed by atoms with van der Waals surface area (Å²) in [6.07, 6.45) is 3.86. The molecule has 2 aliphatic heterocycles. The second kappa shape index (κ2) is 10.0. The van der Waals surface area contributed by atoms with Crippen molar-refractivity contribution in [1.29, 1.82) is 0 Å². The summed E-state index contributed by atoms with van der Waals surface area (Å²) in [6, 6.07) is 9.95. The lowest BCUT2D eigenvalue weighted by Gasteiger charge is -2.45. The van der Waals surface area contributed by atoms with Crippen LogP contribution in [0.15, 0.2) is 59.9 Å². The number of nitrogens with zero attached hydrogens (tertiary/aromatic N) is 4. The van der Waals surface area contributed by atoms with Gasteiger partial charge in [0.05, 0.1) is 35.8 Å². The third kappa shape index (κ3) is 5.66. The summed E-state index contributed by atoms with van der Waals surface area (Å²) in [5.74, 6) is -0.238. The number of aromatic nitrogens is 2. The molecule has 11 nitrogen and oxygen atoms in total. The van der Waals surface area contributed by atoms with Gasteiger partial charge in [0.25, 0.3) is 5.91 Å². The molecule has 3 aromatic rings. The molecule has 5 rings (SSSR count). The minimum atomic E-state index is -3.75. The Hall–Kier alpha value is -3.48. The topological polar surface area (TPSA) is 123 Å². The molecule has 1 N–H and O–H groups in total. The van der Waals surface area contributed by atoms with Crippen LogP contribution in [0.1, 0.15) is 36.7 Å². The van der Waals surface area contributed by atoms with Gasteiger partial charge in [0.1, 0.15) is 11.2 Å². The molecule has 4 heterocycles. The number of ether oxygens (including phenoxy) is 2. The van der Waals surface area contributed by atoms with Gasteiger partial charge < -0.3 is 24.1 Å². The van der Waals surface area contributed by atoms with E-state index in [1.165, 1.54) is 4.31 Å². The van der Waals surface area contributed by atoms with E-state index in [-0.39, 0.29) is 43.5 Å². The fourth-order valence-electron chi connectivity index (χ4n) is 4.59. The Morgan fingerprint density at radius 2 is 1.74 bits per heavy atom. The quantitative estimate of drug-likeness (QED) is 0.526. The van der Waals surface area contributed by atoms with Crippen molar-refractivity contribution in [3.05, 3.63) is 66.1 Å². The first-order valence-electron chi connectivity index (χ1n) is 12.4. The molecule has 12 heteroatoms. The zero-order chi connectivity index (χ0) is 27.1. The molecule has 0 radical (unpaired) electrons. The van der Waals surface area contributed by atoms with Gasteiger partial charge in [-0.1, -0.05) is 12.1 Å². The SMILES string of the molecule is CC(C)(C)OC(=O)N1C[C@@H]2CN(S(=O)(=O)c3ccc(CNC(=O)c4ccc5nccn5c4)cc3)C[C@H](C1)O2. The zero-order valence-corrected chi connectivity index (χ0v) is 22.3. The number of pyridine rings is 1. The smallest absolute Gasteiger partial charge is 0.410 e. The number of hydrogen-bond acceptors (Lipinski definition) is 7. The lowest BCUT2D eigenvalue weighted by Crippen LogP contribution is -2.61. The average molecular weight is 542 g/mol. The highest BCUT2D eigenvalue weighted by molar-refractivity contribution is 7.89. The van der Waals surface area contributed by atoms with Crippen molar-refractivity contribution in [2.24, 2.45) is 0 Å². The first-order chi connectivity index (χ1) is 18.0. The van der Waals surface area contributed by atoms with E-state index in [2.05, 4.69) is 10.3 Å². The van der Waals surface area contributed by atoms with Gasteiger partial charge in [-0.05, 0) is 50.6 Å². The maximum Gasteiger partial charge on any atom is 0.410 e. The number of imidazole rings is 1. The number of morpholine rings is 2. The molecule has 1 aromatic carbocycles. The Morgan fingerprint density at radius 1 is 1.05 bits per heavy atom. The van der Waals surface area contributed by atoms with Gasteiger partial charge in [-0.3, -0.25) is 4.79 Å². The van der Waals surface area contributed by atoms with E-state index in [0.717, 1.165) is 11.2 Å². The van der Waals surface area contributed by atoms with Crippen molar-refractivity contribution in [3.63, 3.8) is 0 Å². The molecule has 2 fully saturated rings. The van der Waals surface area contributed by atoms with Crippen LogP contribution in [-0.2, 0) is 26.0 Å². The molecule has 202 valence electrons. The van der Waals surface area contributed by atoms with Crippen LogP contribution in [0, 0.1) is 0 Å². The first kappa shape index (κ1) is 26.1. The second-order valence-electron chi connectivity index (χ2n) is 10.5. The summed E-state index contributed by atoms with van der Waals surface area (Å²) in [6.45, 7) is 6.51. The number of rotatable bonds is 5. The Kier molecular flexibility index (Phi) is 6.88. The maximum absolute atomic E-state index is 13.4.